The highest BCUT2D eigenvalue weighted by atomic mass is 35.5. The summed E-state index contributed by atoms with van der Waals surface area (Å²) in [4.78, 5) is 12.8. The van der Waals surface area contributed by atoms with Crippen LogP contribution in [0.15, 0.2) is 54.9 Å². The molecule has 1 heterocycles. The number of hydrogen-bond donors (Lipinski definition) is 0. The van der Waals surface area contributed by atoms with Gasteiger partial charge in [-0.15, -0.1) is 0 Å². The number of nitrogens with zero attached hydrogens (tertiary/aromatic N) is 1. The molecule has 3 aromatic rings. The van der Waals surface area contributed by atoms with Crippen molar-refractivity contribution < 1.29 is 4.79 Å². The molecule has 0 bridgehead atoms. The number of rotatable bonds is 3. The maximum absolute atomic E-state index is 12.8. The lowest BCUT2D eigenvalue weighted by Crippen LogP contribution is -2.01. The Labute approximate surface area is 145 Å². The van der Waals surface area contributed by atoms with E-state index in [1.807, 2.05) is 61.3 Å². The molecule has 0 fully saturated rings. The summed E-state index contributed by atoms with van der Waals surface area (Å²) in [6.45, 7) is 2.00. The molecule has 0 spiro atoms. The highest BCUT2D eigenvalue weighted by molar-refractivity contribution is 6.42. The molecule has 0 aliphatic rings. The molecule has 0 N–H and O–H groups in total. The SMILES string of the molecule is Cc1ccc(C(=O)c2cn(C)cc2-c2ccc(Cl)c(Cl)c2)cc1. The van der Waals surface area contributed by atoms with Crippen molar-refractivity contribution in [2.45, 2.75) is 6.92 Å². The van der Waals surface area contributed by atoms with Gasteiger partial charge in [0.2, 0.25) is 0 Å². The van der Waals surface area contributed by atoms with E-state index in [2.05, 4.69) is 0 Å². The first kappa shape index (κ1) is 15.9. The van der Waals surface area contributed by atoms with Crippen LogP contribution in [-0.4, -0.2) is 10.4 Å². The Kier molecular flexibility index (Phi) is 4.29. The van der Waals surface area contributed by atoms with Crippen molar-refractivity contribution in [1.29, 1.82) is 0 Å². The van der Waals surface area contributed by atoms with Crippen molar-refractivity contribution >= 4 is 29.0 Å². The second-order valence-corrected chi connectivity index (χ2v) is 6.39. The minimum atomic E-state index is -0.00771. The molecule has 0 amide bonds. The molecule has 116 valence electrons. The monoisotopic (exact) mass is 343 g/mol. The van der Waals surface area contributed by atoms with Gasteiger partial charge >= 0.3 is 0 Å². The van der Waals surface area contributed by atoms with Crippen molar-refractivity contribution in [2.75, 3.05) is 0 Å². The molecular weight excluding hydrogens is 329 g/mol. The van der Waals surface area contributed by atoms with Crippen LogP contribution in [0.1, 0.15) is 21.5 Å². The van der Waals surface area contributed by atoms with Crippen LogP contribution in [0.5, 0.6) is 0 Å². The van der Waals surface area contributed by atoms with E-state index in [0.717, 1.165) is 16.7 Å². The van der Waals surface area contributed by atoms with Crippen LogP contribution in [0.2, 0.25) is 10.0 Å². The number of ketones is 1. The van der Waals surface area contributed by atoms with Gasteiger partial charge < -0.3 is 4.57 Å². The predicted molar refractivity (Wildman–Crippen MR) is 95.5 cm³/mol. The lowest BCUT2D eigenvalue weighted by molar-refractivity contribution is 0.103. The molecular formula is C19H15Cl2NO. The summed E-state index contributed by atoms with van der Waals surface area (Å²) in [5, 5.41) is 0.972. The van der Waals surface area contributed by atoms with Gasteiger partial charge in [0, 0.05) is 36.1 Å². The molecule has 3 rings (SSSR count). The Hall–Kier alpha value is -2.03. The van der Waals surface area contributed by atoms with E-state index < -0.39 is 0 Å². The van der Waals surface area contributed by atoms with E-state index >= 15 is 0 Å². The molecule has 0 unspecified atom stereocenters. The molecule has 0 atom stereocenters. The standard InChI is InChI=1S/C19H15Cl2NO/c1-12-3-5-13(6-4-12)19(23)16-11-22(2)10-15(16)14-7-8-17(20)18(21)9-14/h3-11H,1-2H3. The third kappa shape index (κ3) is 3.19. The van der Waals surface area contributed by atoms with Gasteiger partial charge in [-0.1, -0.05) is 59.1 Å². The summed E-state index contributed by atoms with van der Waals surface area (Å²) < 4.78 is 1.87. The smallest absolute Gasteiger partial charge is 0.195 e. The Morgan fingerprint density at radius 3 is 2.30 bits per heavy atom. The first-order valence-corrected chi connectivity index (χ1v) is 7.94. The number of aromatic nitrogens is 1. The van der Waals surface area contributed by atoms with E-state index in [0.29, 0.717) is 21.2 Å². The second-order valence-electron chi connectivity index (χ2n) is 5.58. The van der Waals surface area contributed by atoms with Crippen molar-refractivity contribution in [3.63, 3.8) is 0 Å². The summed E-state index contributed by atoms with van der Waals surface area (Å²) in [5.41, 5.74) is 4.16. The zero-order valence-corrected chi connectivity index (χ0v) is 14.3. The molecule has 0 saturated carbocycles. The van der Waals surface area contributed by atoms with Gasteiger partial charge in [0.05, 0.1) is 10.0 Å². The van der Waals surface area contributed by atoms with E-state index in [4.69, 9.17) is 23.2 Å². The van der Waals surface area contributed by atoms with Crippen molar-refractivity contribution in [3.05, 3.63) is 81.6 Å². The molecule has 4 heteroatoms. The number of hydrogen-bond acceptors (Lipinski definition) is 1. The van der Waals surface area contributed by atoms with Gasteiger partial charge in [0.1, 0.15) is 0 Å². The van der Waals surface area contributed by atoms with E-state index in [-0.39, 0.29) is 5.78 Å². The fourth-order valence-corrected chi connectivity index (χ4v) is 2.82. The number of carbonyl (C=O) groups is 1. The average molecular weight is 344 g/mol. The van der Waals surface area contributed by atoms with Gasteiger partial charge in [0.15, 0.2) is 5.78 Å². The third-order valence-electron chi connectivity index (χ3n) is 3.74. The quantitative estimate of drug-likeness (QED) is 0.572. The average Bonchev–Trinajstić information content (AvgIpc) is 2.92. The molecule has 0 saturated heterocycles. The van der Waals surface area contributed by atoms with Crippen LogP contribution in [0, 0.1) is 6.92 Å². The molecule has 1 aromatic heterocycles. The molecule has 0 aliphatic heterocycles. The third-order valence-corrected chi connectivity index (χ3v) is 4.48. The number of aryl methyl sites for hydroxylation is 2. The molecule has 2 nitrogen and oxygen atoms in total. The van der Waals surface area contributed by atoms with E-state index in [1.165, 1.54) is 0 Å². The van der Waals surface area contributed by atoms with Gasteiger partial charge in [-0.3, -0.25) is 4.79 Å². The Morgan fingerprint density at radius 1 is 0.957 bits per heavy atom. The topological polar surface area (TPSA) is 22.0 Å². The number of carbonyl (C=O) groups excluding carboxylic acids is 1. The van der Waals surface area contributed by atoms with Crippen molar-refractivity contribution in [2.24, 2.45) is 7.05 Å². The first-order chi connectivity index (χ1) is 11.0. The molecule has 23 heavy (non-hydrogen) atoms. The van der Waals surface area contributed by atoms with Crippen molar-refractivity contribution in [1.82, 2.24) is 4.57 Å². The van der Waals surface area contributed by atoms with Crippen LogP contribution in [-0.2, 0) is 7.05 Å². The first-order valence-electron chi connectivity index (χ1n) is 7.18. The Bertz CT molecular complexity index is 879. The zero-order valence-electron chi connectivity index (χ0n) is 12.8. The highest BCUT2D eigenvalue weighted by Crippen LogP contribution is 2.31. The van der Waals surface area contributed by atoms with Crippen LogP contribution >= 0.6 is 23.2 Å². The molecule has 0 radical (unpaired) electrons. The number of benzene rings is 2. The largest absolute Gasteiger partial charge is 0.356 e. The minimum absolute atomic E-state index is 0.00771. The Balaban J connectivity index is 2.08. The zero-order chi connectivity index (χ0) is 16.6. The summed E-state index contributed by atoms with van der Waals surface area (Å²) in [5.74, 6) is -0.00771. The van der Waals surface area contributed by atoms with Crippen LogP contribution in [0.25, 0.3) is 11.1 Å². The Morgan fingerprint density at radius 2 is 1.65 bits per heavy atom. The normalized spacial score (nSPS) is 10.8. The highest BCUT2D eigenvalue weighted by Gasteiger charge is 2.17. The number of halogens is 2. The van der Waals surface area contributed by atoms with Crippen molar-refractivity contribution in [3.8, 4) is 11.1 Å². The second kappa shape index (κ2) is 6.23. The molecule has 0 aliphatic carbocycles. The maximum Gasteiger partial charge on any atom is 0.195 e. The summed E-state index contributed by atoms with van der Waals surface area (Å²) >= 11 is 12.1. The van der Waals surface area contributed by atoms with Crippen LogP contribution < -0.4 is 0 Å². The van der Waals surface area contributed by atoms with Gasteiger partial charge in [-0.2, -0.15) is 0 Å². The maximum atomic E-state index is 12.8. The molecule has 2 aromatic carbocycles. The predicted octanol–water partition coefficient (Wildman–Crippen LogP) is 5.54. The van der Waals surface area contributed by atoms with Gasteiger partial charge in [0.25, 0.3) is 0 Å². The lowest BCUT2D eigenvalue weighted by Gasteiger charge is -2.06. The summed E-state index contributed by atoms with van der Waals surface area (Å²) in [6, 6.07) is 13.0. The van der Waals surface area contributed by atoms with E-state index in [1.54, 1.807) is 12.1 Å². The van der Waals surface area contributed by atoms with E-state index in [9.17, 15) is 4.79 Å². The minimum Gasteiger partial charge on any atom is -0.356 e. The van der Waals surface area contributed by atoms with Gasteiger partial charge in [-0.05, 0) is 24.6 Å². The lowest BCUT2D eigenvalue weighted by atomic mass is 9.97. The van der Waals surface area contributed by atoms with Gasteiger partial charge in [-0.25, -0.2) is 0 Å². The summed E-state index contributed by atoms with van der Waals surface area (Å²) in [6.07, 6.45) is 3.75. The fourth-order valence-electron chi connectivity index (χ4n) is 2.52. The summed E-state index contributed by atoms with van der Waals surface area (Å²) in [7, 11) is 1.90. The fraction of sp³-hybridized carbons (Fsp3) is 0.105. The van der Waals surface area contributed by atoms with Crippen LogP contribution in [0.4, 0.5) is 0 Å². The van der Waals surface area contributed by atoms with Crippen LogP contribution in [0.3, 0.4) is 0 Å².